The molecule has 1 aliphatic heterocycles. The number of fused-ring (bicyclic) bond motifs is 1. The van der Waals surface area contributed by atoms with E-state index in [0.29, 0.717) is 17.9 Å². The van der Waals surface area contributed by atoms with Crippen molar-refractivity contribution in [2.75, 3.05) is 11.1 Å². The number of nitrogens with one attached hydrogen (secondary N) is 1. The quantitative estimate of drug-likeness (QED) is 0.756. The Morgan fingerprint density at radius 1 is 1.14 bits per heavy atom. The highest BCUT2D eigenvalue weighted by atomic mass is 16.1. The molecular formula is C16H13N5O. The van der Waals surface area contributed by atoms with Crippen molar-refractivity contribution in [3.05, 3.63) is 54.1 Å². The molecule has 2 heterocycles. The summed E-state index contributed by atoms with van der Waals surface area (Å²) in [6, 6.07) is 15.3. The monoisotopic (exact) mass is 291 g/mol. The third kappa shape index (κ3) is 1.93. The van der Waals surface area contributed by atoms with Crippen LogP contribution in [0.5, 0.6) is 0 Å². The number of carbonyl (C=O) groups excluding carboxylic acids is 1. The second-order valence-electron chi connectivity index (χ2n) is 5.17. The fraction of sp³-hybridized carbons (Fsp3) is 0.0625. The highest BCUT2D eigenvalue weighted by Gasteiger charge is 2.20. The lowest BCUT2D eigenvalue weighted by molar-refractivity contribution is -0.115. The van der Waals surface area contributed by atoms with Crippen LogP contribution in [0.25, 0.3) is 16.9 Å². The van der Waals surface area contributed by atoms with Crippen LogP contribution in [-0.4, -0.2) is 20.9 Å². The van der Waals surface area contributed by atoms with E-state index in [1.165, 1.54) is 0 Å². The van der Waals surface area contributed by atoms with Gasteiger partial charge in [-0.05, 0) is 29.8 Å². The maximum atomic E-state index is 11.4. The third-order valence-electron chi connectivity index (χ3n) is 3.71. The molecule has 0 spiro atoms. The molecular weight excluding hydrogens is 278 g/mol. The number of rotatable bonds is 2. The fourth-order valence-corrected chi connectivity index (χ4v) is 2.63. The lowest BCUT2D eigenvalue weighted by Crippen LogP contribution is -2.03. The Morgan fingerprint density at radius 2 is 1.95 bits per heavy atom. The van der Waals surface area contributed by atoms with E-state index in [1.807, 2.05) is 48.5 Å². The number of nitrogens with two attached hydrogens (primary N) is 1. The van der Waals surface area contributed by atoms with Gasteiger partial charge in [-0.25, -0.2) is 0 Å². The van der Waals surface area contributed by atoms with Gasteiger partial charge < -0.3 is 11.1 Å². The summed E-state index contributed by atoms with van der Waals surface area (Å²) in [5.74, 6) is 0.483. The Balaban J connectivity index is 1.77. The molecule has 1 amide bonds. The first-order chi connectivity index (χ1) is 10.7. The molecule has 1 aromatic heterocycles. The number of para-hydroxylation sites is 1. The Morgan fingerprint density at radius 3 is 2.77 bits per heavy atom. The summed E-state index contributed by atoms with van der Waals surface area (Å²) < 4.78 is 1.60. The number of anilines is 2. The average molecular weight is 291 g/mol. The van der Waals surface area contributed by atoms with E-state index in [-0.39, 0.29) is 5.91 Å². The Kier molecular flexibility index (Phi) is 2.69. The molecule has 0 bridgehead atoms. The fourth-order valence-electron chi connectivity index (χ4n) is 2.63. The first-order valence-corrected chi connectivity index (χ1v) is 6.92. The van der Waals surface area contributed by atoms with Gasteiger partial charge >= 0.3 is 0 Å². The van der Waals surface area contributed by atoms with E-state index in [1.54, 1.807) is 4.68 Å². The number of hydrogen-bond donors (Lipinski definition) is 2. The average Bonchev–Trinajstić information content (AvgIpc) is 3.09. The first kappa shape index (κ1) is 12.6. The van der Waals surface area contributed by atoms with Crippen LogP contribution < -0.4 is 11.1 Å². The predicted molar refractivity (Wildman–Crippen MR) is 83.5 cm³/mol. The summed E-state index contributed by atoms with van der Waals surface area (Å²) in [6.45, 7) is 0. The second kappa shape index (κ2) is 4.70. The van der Waals surface area contributed by atoms with Crippen LogP contribution in [0.1, 0.15) is 5.56 Å². The highest BCUT2D eigenvalue weighted by Crippen LogP contribution is 2.31. The topological polar surface area (TPSA) is 85.8 Å². The van der Waals surface area contributed by atoms with Gasteiger partial charge in [-0.3, -0.25) is 4.79 Å². The van der Waals surface area contributed by atoms with Gasteiger partial charge in [-0.2, -0.15) is 4.68 Å². The molecule has 0 radical (unpaired) electrons. The van der Waals surface area contributed by atoms with E-state index < -0.39 is 0 Å². The van der Waals surface area contributed by atoms with Gasteiger partial charge in [0, 0.05) is 11.3 Å². The van der Waals surface area contributed by atoms with Crippen molar-refractivity contribution in [1.82, 2.24) is 15.0 Å². The summed E-state index contributed by atoms with van der Waals surface area (Å²) in [5.41, 5.74) is 10.3. The van der Waals surface area contributed by atoms with Crippen LogP contribution in [0.2, 0.25) is 0 Å². The molecule has 6 heteroatoms. The van der Waals surface area contributed by atoms with Crippen LogP contribution in [0.4, 0.5) is 11.5 Å². The van der Waals surface area contributed by atoms with Crippen molar-refractivity contribution in [3.63, 3.8) is 0 Å². The standard InChI is InChI=1S/C16H13N5O/c17-16-15(19-20-21(16)12-4-2-1-3-5-12)10-6-7-13-11(8-10)9-14(22)18-13/h1-8H,9,17H2,(H,18,22). The molecule has 1 aliphatic rings. The lowest BCUT2D eigenvalue weighted by Gasteiger charge is -2.04. The molecule has 0 saturated heterocycles. The molecule has 3 aromatic rings. The zero-order valence-electron chi connectivity index (χ0n) is 11.7. The van der Waals surface area contributed by atoms with E-state index >= 15 is 0 Å². The summed E-state index contributed by atoms with van der Waals surface area (Å²) >= 11 is 0. The zero-order chi connectivity index (χ0) is 15.1. The van der Waals surface area contributed by atoms with Crippen LogP contribution in [0, 0.1) is 0 Å². The summed E-state index contributed by atoms with van der Waals surface area (Å²) in [6.07, 6.45) is 0.385. The molecule has 0 saturated carbocycles. The zero-order valence-corrected chi connectivity index (χ0v) is 11.7. The summed E-state index contributed by atoms with van der Waals surface area (Å²) in [4.78, 5) is 11.4. The van der Waals surface area contributed by atoms with Crippen LogP contribution in [-0.2, 0) is 11.2 Å². The minimum atomic E-state index is 0.00746. The number of hydrogen-bond acceptors (Lipinski definition) is 4. The molecule has 0 aliphatic carbocycles. The van der Waals surface area contributed by atoms with E-state index in [0.717, 1.165) is 22.5 Å². The van der Waals surface area contributed by atoms with Crippen LogP contribution in [0.15, 0.2) is 48.5 Å². The number of carbonyl (C=O) groups is 1. The smallest absolute Gasteiger partial charge is 0.228 e. The molecule has 2 aromatic carbocycles. The van der Waals surface area contributed by atoms with Gasteiger partial charge in [0.25, 0.3) is 0 Å². The number of nitrogen functional groups attached to an aromatic ring is 1. The van der Waals surface area contributed by atoms with Gasteiger partial charge in [0.05, 0.1) is 12.1 Å². The molecule has 4 rings (SSSR count). The third-order valence-corrected chi connectivity index (χ3v) is 3.71. The Labute approximate surface area is 126 Å². The van der Waals surface area contributed by atoms with Crippen LogP contribution >= 0.6 is 0 Å². The Hall–Kier alpha value is -3.15. The lowest BCUT2D eigenvalue weighted by atomic mass is 10.1. The maximum Gasteiger partial charge on any atom is 0.228 e. The van der Waals surface area contributed by atoms with Crippen molar-refractivity contribution < 1.29 is 4.79 Å². The Bertz CT molecular complexity index is 869. The minimum absolute atomic E-state index is 0.00746. The van der Waals surface area contributed by atoms with Crippen molar-refractivity contribution in [2.24, 2.45) is 0 Å². The van der Waals surface area contributed by atoms with E-state index in [4.69, 9.17) is 5.73 Å². The van der Waals surface area contributed by atoms with Gasteiger partial charge in [-0.15, -0.1) is 5.10 Å². The predicted octanol–water partition coefficient (Wildman–Crippen LogP) is 2.01. The van der Waals surface area contributed by atoms with E-state index in [9.17, 15) is 4.79 Å². The number of aromatic nitrogens is 3. The number of benzene rings is 2. The second-order valence-corrected chi connectivity index (χ2v) is 5.17. The minimum Gasteiger partial charge on any atom is -0.382 e. The summed E-state index contributed by atoms with van der Waals surface area (Å²) in [7, 11) is 0. The summed E-state index contributed by atoms with van der Waals surface area (Å²) in [5, 5.41) is 11.1. The maximum absolute atomic E-state index is 11.4. The molecule has 0 atom stereocenters. The molecule has 0 unspecified atom stereocenters. The van der Waals surface area contributed by atoms with E-state index in [2.05, 4.69) is 15.6 Å². The number of nitrogens with zero attached hydrogens (tertiary/aromatic N) is 3. The van der Waals surface area contributed by atoms with Crippen molar-refractivity contribution >= 4 is 17.4 Å². The highest BCUT2D eigenvalue weighted by molar-refractivity contribution is 5.99. The van der Waals surface area contributed by atoms with Crippen LogP contribution in [0.3, 0.4) is 0 Å². The normalized spacial score (nSPS) is 13.0. The molecule has 6 nitrogen and oxygen atoms in total. The van der Waals surface area contributed by atoms with Crippen molar-refractivity contribution in [2.45, 2.75) is 6.42 Å². The molecule has 3 N–H and O–H groups in total. The van der Waals surface area contributed by atoms with Gasteiger partial charge in [-0.1, -0.05) is 29.5 Å². The van der Waals surface area contributed by atoms with Gasteiger partial charge in [0.2, 0.25) is 5.91 Å². The molecule has 108 valence electrons. The number of amides is 1. The van der Waals surface area contributed by atoms with Gasteiger partial charge in [0.15, 0.2) is 5.82 Å². The largest absolute Gasteiger partial charge is 0.382 e. The van der Waals surface area contributed by atoms with Crippen molar-refractivity contribution in [1.29, 1.82) is 0 Å². The van der Waals surface area contributed by atoms with Crippen molar-refractivity contribution in [3.8, 4) is 16.9 Å². The SMILES string of the molecule is Nc1c(-c2ccc3c(c2)CC(=O)N3)nnn1-c1ccccc1. The molecule has 0 fully saturated rings. The first-order valence-electron chi connectivity index (χ1n) is 6.92. The van der Waals surface area contributed by atoms with Gasteiger partial charge in [0.1, 0.15) is 5.69 Å². The molecule has 22 heavy (non-hydrogen) atoms.